The molecule has 1 aromatic heterocycles. The van der Waals surface area contributed by atoms with Gasteiger partial charge in [0.1, 0.15) is 0 Å². The molecule has 0 bridgehead atoms. The Bertz CT molecular complexity index is 850. The Morgan fingerprint density at radius 2 is 1.85 bits per heavy atom. The Morgan fingerprint density at radius 1 is 1.08 bits per heavy atom. The van der Waals surface area contributed by atoms with Crippen LogP contribution in [-0.4, -0.2) is 32.2 Å². The van der Waals surface area contributed by atoms with Crippen LogP contribution >= 0.6 is 0 Å². The van der Waals surface area contributed by atoms with Crippen molar-refractivity contribution in [3.63, 3.8) is 0 Å². The molecule has 1 N–H and O–H groups in total. The maximum atomic E-state index is 12.7. The van der Waals surface area contributed by atoms with Crippen molar-refractivity contribution in [2.75, 3.05) is 23.2 Å². The molecule has 1 aliphatic rings. The number of fused-ring (bicyclic) bond motifs is 1. The first-order chi connectivity index (χ1) is 12.5. The van der Waals surface area contributed by atoms with Gasteiger partial charge in [-0.15, -0.1) is 10.2 Å². The minimum atomic E-state index is -3.66. The van der Waals surface area contributed by atoms with Crippen LogP contribution in [0.25, 0.3) is 0 Å². The van der Waals surface area contributed by atoms with Crippen molar-refractivity contribution in [1.29, 1.82) is 0 Å². The molecular formula is C19H26N4O2S. The molecule has 0 atom stereocenters. The molecule has 7 heteroatoms. The number of unbranched alkanes of at least 4 members (excludes halogenated alkanes) is 1. The summed E-state index contributed by atoms with van der Waals surface area (Å²) in [4.78, 5) is 2.29. The summed E-state index contributed by atoms with van der Waals surface area (Å²) < 4.78 is 27.8. The molecule has 0 aliphatic heterocycles. The van der Waals surface area contributed by atoms with E-state index in [0.29, 0.717) is 0 Å². The van der Waals surface area contributed by atoms with Gasteiger partial charge < -0.3 is 4.90 Å². The SMILES string of the molecule is CCCCN(C)c1ccc(NS(=O)(=O)c2ccc3c(c2)CCCC3)nn1. The van der Waals surface area contributed by atoms with Gasteiger partial charge in [-0.2, -0.15) is 0 Å². The molecule has 0 fully saturated rings. The highest BCUT2D eigenvalue weighted by Gasteiger charge is 2.18. The molecule has 0 radical (unpaired) electrons. The van der Waals surface area contributed by atoms with Crippen molar-refractivity contribution >= 4 is 21.7 Å². The van der Waals surface area contributed by atoms with E-state index in [-0.39, 0.29) is 10.7 Å². The largest absolute Gasteiger partial charge is 0.358 e. The summed E-state index contributed by atoms with van der Waals surface area (Å²) >= 11 is 0. The molecule has 6 nitrogen and oxygen atoms in total. The van der Waals surface area contributed by atoms with Crippen molar-refractivity contribution in [3.05, 3.63) is 41.5 Å². The number of sulfonamides is 1. The molecule has 1 heterocycles. The van der Waals surface area contributed by atoms with Gasteiger partial charge in [-0.25, -0.2) is 8.42 Å². The van der Waals surface area contributed by atoms with Crippen LogP contribution in [0.5, 0.6) is 0 Å². The lowest BCUT2D eigenvalue weighted by Crippen LogP contribution is -2.20. The summed E-state index contributed by atoms with van der Waals surface area (Å²) in [5.41, 5.74) is 2.40. The second-order valence-electron chi connectivity index (χ2n) is 6.80. The molecule has 140 valence electrons. The number of aryl methyl sites for hydroxylation is 2. The highest BCUT2D eigenvalue weighted by Crippen LogP contribution is 2.25. The zero-order valence-electron chi connectivity index (χ0n) is 15.4. The maximum Gasteiger partial charge on any atom is 0.263 e. The van der Waals surface area contributed by atoms with Crippen LogP contribution < -0.4 is 9.62 Å². The van der Waals surface area contributed by atoms with Crippen LogP contribution in [0.15, 0.2) is 35.2 Å². The van der Waals surface area contributed by atoms with Gasteiger partial charge >= 0.3 is 0 Å². The van der Waals surface area contributed by atoms with Gasteiger partial charge in [-0.3, -0.25) is 4.72 Å². The fourth-order valence-corrected chi connectivity index (χ4v) is 4.21. The summed E-state index contributed by atoms with van der Waals surface area (Å²) in [5, 5.41) is 8.15. The van der Waals surface area contributed by atoms with Crippen LogP contribution in [0.4, 0.5) is 11.6 Å². The second-order valence-corrected chi connectivity index (χ2v) is 8.48. The van der Waals surface area contributed by atoms with E-state index in [1.807, 2.05) is 18.0 Å². The summed E-state index contributed by atoms with van der Waals surface area (Å²) in [6.45, 7) is 3.03. The summed E-state index contributed by atoms with van der Waals surface area (Å²) in [5.74, 6) is 0.963. The van der Waals surface area contributed by atoms with Crippen LogP contribution in [0.1, 0.15) is 43.7 Å². The van der Waals surface area contributed by atoms with E-state index in [1.165, 1.54) is 12.0 Å². The molecule has 0 amide bonds. The average Bonchev–Trinajstić information content (AvgIpc) is 2.66. The van der Waals surface area contributed by atoms with E-state index in [0.717, 1.165) is 50.0 Å². The first kappa shape index (κ1) is 18.6. The Morgan fingerprint density at radius 3 is 2.54 bits per heavy atom. The lowest BCUT2D eigenvalue weighted by atomic mass is 9.92. The van der Waals surface area contributed by atoms with Crippen LogP contribution in [-0.2, 0) is 22.9 Å². The molecule has 0 saturated heterocycles. The van der Waals surface area contributed by atoms with Crippen LogP contribution in [0.2, 0.25) is 0 Å². The zero-order chi connectivity index (χ0) is 18.6. The predicted octanol–water partition coefficient (Wildman–Crippen LogP) is 3.39. The highest BCUT2D eigenvalue weighted by atomic mass is 32.2. The number of rotatable bonds is 7. The number of aromatic nitrogens is 2. The second kappa shape index (κ2) is 8.03. The van der Waals surface area contributed by atoms with Gasteiger partial charge in [0.25, 0.3) is 10.0 Å². The molecule has 2 aromatic rings. The van der Waals surface area contributed by atoms with Gasteiger partial charge in [0.2, 0.25) is 0 Å². The van der Waals surface area contributed by atoms with Gasteiger partial charge in [0.05, 0.1) is 4.90 Å². The monoisotopic (exact) mass is 374 g/mol. The minimum absolute atomic E-state index is 0.232. The zero-order valence-corrected chi connectivity index (χ0v) is 16.2. The molecule has 0 saturated carbocycles. The smallest absolute Gasteiger partial charge is 0.263 e. The fourth-order valence-electron chi connectivity index (χ4n) is 3.17. The molecule has 0 spiro atoms. The standard InChI is InChI=1S/C19H26N4O2S/c1-3-4-13-23(2)19-12-11-18(20-21-19)22-26(24,25)17-10-9-15-7-5-6-8-16(15)14-17/h9-12,14H,3-8,13H2,1-2H3,(H,20,22). The molecule has 26 heavy (non-hydrogen) atoms. The van der Waals surface area contributed by atoms with E-state index in [2.05, 4.69) is 21.8 Å². The Kier molecular flexibility index (Phi) is 5.76. The number of benzene rings is 1. The fraction of sp³-hybridized carbons (Fsp3) is 0.474. The number of hydrogen-bond donors (Lipinski definition) is 1. The number of nitrogens with zero attached hydrogens (tertiary/aromatic N) is 3. The number of nitrogens with one attached hydrogen (secondary N) is 1. The van der Waals surface area contributed by atoms with Crippen molar-refractivity contribution in [2.45, 2.75) is 50.3 Å². The molecule has 1 aromatic carbocycles. The first-order valence-corrected chi connectivity index (χ1v) is 10.7. The first-order valence-electron chi connectivity index (χ1n) is 9.19. The minimum Gasteiger partial charge on any atom is -0.358 e. The molecular weight excluding hydrogens is 348 g/mol. The number of hydrogen-bond acceptors (Lipinski definition) is 5. The van der Waals surface area contributed by atoms with E-state index < -0.39 is 10.0 Å². The third kappa shape index (κ3) is 4.33. The predicted molar refractivity (Wildman–Crippen MR) is 104 cm³/mol. The quantitative estimate of drug-likeness (QED) is 0.804. The van der Waals surface area contributed by atoms with Crippen molar-refractivity contribution < 1.29 is 8.42 Å². The van der Waals surface area contributed by atoms with E-state index in [9.17, 15) is 8.42 Å². The topological polar surface area (TPSA) is 75.2 Å². The third-order valence-electron chi connectivity index (χ3n) is 4.76. The van der Waals surface area contributed by atoms with E-state index in [4.69, 9.17) is 0 Å². The maximum absolute atomic E-state index is 12.7. The molecule has 3 rings (SSSR count). The average molecular weight is 375 g/mol. The van der Waals surface area contributed by atoms with Crippen molar-refractivity contribution in [2.24, 2.45) is 0 Å². The normalized spacial score (nSPS) is 13.9. The highest BCUT2D eigenvalue weighted by molar-refractivity contribution is 7.92. The van der Waals surface area contributed by atoms with E-state index in [1.54, 1.807) is 24.3 Å². The van der Waals surface area contributed by atoms with Crippen LogP contribution in [0.3, 0.4) is 0 Å². The number of anilines is 2. The molecule has 0 unspecified atom stereocenters. The summed E-state index contributed by atoms with van der Waals surface area (Å²) in [6.07, 6.45) is 6.44. The molecule has 1 aliphatic carbocycles. The van der Waals surface area contributed by atoms with Gasteiger partial charge in [0, 0.05) is 13.6 Å². The Hall–Kier alpha value is -2.15. The lowest BCUT2D eigenvalue weighted by Gasteiger charge is -2.18. The summed E-state index contributed by atoms with van der Waals surface area (Å²) in [7, 11) is -1.71. The van der Waals surface area contributed by atoms with Crippen LogP contribution in [0, 0.1) is 0 Å². The third-order valence-corrected chi connectivity index (χ3v) is 6.11. The van der Waals surface area contributed by atoms with Gasteiger partial charge in [-0.05, 0) is 67.5 Å². The lowest BCUT2D eigenvalue weighted by molar-refractivity contribution is 0.600. The summed E-state index contributed by atoms with van der Waals surface area (Å²) in [6, 6.07) is 8.83. The Balaban J connectivity index is 1.73. The van der Waals surface area contributed by atoms with Crippen molar-refractivity contribution in [3.8, 4) is 0 Å². The Labute approximate surface area is 155 Å². The van der Waals surface area contributed by atoms with E-state index >= 15 is 0 Å². The van der Waals surface area contributed by atoms with Gasteiger partial charge in [-0.1, -0.05) is 19.4 Å². The van der Waals surface area contributed by atoms with Gasteiger partial charge in [0.15, 0.2) is 11.6 Å². The van der Waals surface area contributed by atoms with Crippen molar-refractivity contribution in [1.82, 2.24) is 10.2 Å².